The fourth-order valence-electron chi connectivity index (χ4n) is 3.71. The van der Waals surface area contributed by atoms with E-state index in [1.807, 2.05) is 4.90 Å². The summed E-state index contributed by atoms with van der Waals surface area (Å²) in [5, 5.41) is 3.99. The minimum Gasteiger partial charge on any atom is -0.347 e. The SMILES string of the molecule is CC1CCN(c2c(-c3c(F)cc(F)cc3F)c(Cl)nc3ncnn23)C2OC12. The van der Waals surface area contributed by atoms with Crippen molar-refractivity contribution in [1.82, 2.24) is 19.6 Å². The number of hydrogen-bond acceptors (Lipinski definition) is 5. The lowest BCUT2D eigenvalue weighted by Gasteiger charge is -2.30. The number of ether oxygens (including phenoxy) is 1. The number of hydrogen-bond donors (Lipinski definition) is 0. The number of anilines is 1. The highest BCUT2D eigenvalue weighted by Crippen LogP contribution is 2.46. The lowest BCUT2D eigenvalue weighted by Crippen LogP contribution is -2.38. The van der Waals surface area contributed by atoms with Gasteiger partial charge in [-0.25, -0.2) is 13.2 Å². The second-order valence-corrected chi connectivity index (χ2v) is 7.13. The van der Waals surface area contributed by atoms with Gasteiger partial charge in [-0.3, -0.25) is 0 Å². The van der Waals surface area contributed by atoms with Crippen molar-refractivity contribution in [2.45, 2.75) is 25.7 Å². The molecule has 3 atom stereocenters. The topological polar surface area (TPSA) is 58.9 Å². The number of aromatic nitrogens is 4. The van der Waals surface area contributed by atoms with Gasteiger partial charge < -0.3 is 9.64 Å². The maximum atomic E-state index is 14.6. The van der Waals surface area contributed by atoms with Crippen LogP contribution in [0.1, 0.15) is 13.3 Å². The van der Waals surface area contributed by atoms with Crippen molar-refractivity contribution >= 4 is 23.2 Å². The first-order chi connectivity index (χ1) is 13.0. The van der Waals surface area contributed by atoms with Crippen molar-refractivity contribution in [1.29, 1.82) is 0 Å². The Kier molecular flexibility index (Phi) is 3.60. The molecule has 0 aliphatic carbocycles. The quantitative estimate of drug-likeness (QED) is 0.491. The van der Waals surface area contributed by atoms with Crippen LogP contribution in [-0.2, 0) is 4.74 Å². The number of benzene rings is 1. The molecule has 27 heavy (non-hydrogen) atoms. The van der Waals surface area contributed by atoms with Gasteiger partial charge in [-0.2, -0.15) is 19.6 Å². The van der Waals surface area contributed by atoms with Gasteiger partial charge in [-0.05, 0) is 12.3 Å². The summed E-state index contributed by atoms with van der Waals surface area (Å²) in [6, 6.07) is 1.22. The minimum atomic E-state index is -1.07. The Balaban J connectivity index is 1.79. The van der Waals surface area contributed by atoms with E-state index < -0.39 is 23.0 Å². The molecule has 2 saturated heterocycles. The highest BCUT2D eigenvalue weighted by Gasteiger charge is 2.51. The molecule has 0 amide bonds. The fourth-order valence-corrected chi connectivity index (χ4v) is 3.96. The Labute approximate surface area is 156 Å². The highest BCUT2D eigenvalue weighted by molar-refractivity contribution is 6.33. The first-order valence-electron chi connectivity index (χ1n) is 8.42. The summed E-state index contributed by atoms with van der Waals surface area (Å²) in [5.74, 6) is -2.27. The Hall–Kier alpha value is -2.39. The van der Waals surface area contributed by atoms with E-state index >= 15 is 0 Å². The van der Waals surface area contributed by atoms with E-state index in [1.165, 1.54) is 10.8 Å². The van der Waals surface area contributed by atoms with Crippen LogP contribution in [0.4, 0.5) is 19.0 Å². The van der Waals surface area contributed by atoms with Gasteiger partial charge in [0.1, 0.15) is 40.9 Å². The number of halogens is 4. The Morgan fingerprint density at radius 2 is 1.93 bits per heavy atom. The van der Waals surface area contributed by atoms with Crippen molar-refractivity contribution in [3.63, 3.8) is 0 Å². The Morgan fingerprint density at radius 3 is 2.67 bits per heavy atom. The van der Waals surface area contributed by atoms with Crippen LogP contribution in [0.2, 0.25) is 5.15 Å². The van der Waals surface area contributed by atoms with Crippen molar-refractivity contribution in [2.24, 2.45) is 5.92 Å². The second kappa shape index (κ2) is 5.80. The van der Waals surface area contributed by atoms with Crippen LogP contribution in [0.5, 0.6) is 0 Å². The Bertz CT molecular complexity index is 1050. The van der Waals surface area contributed by atoms with E-state index in [2.05, 4.69) is 22.0 Å². The zero-order chi connectivity index (χ0) is 18.9. The van der Waals surface area contributed by atoms with E-state index in [9.17, 15) is 13.2 Å². The van der Waals surface area contributed by atoms with E-state index in [4.69, 9.17) is 16.3 Å². The van der Waals surface area contributed by atoms with Crippen LogP contribution in [0.3, 0.4) is 0 Å². The van der Waals surface area contributed by atoms with Gasteiger partial charge in [0.15, 0.2) is 6.23 Å². The number of piperidine rings is 1. The summed E-state index contributed by atoms with van der Waals surface area (Å²) in [5.41, 5.74) is -0.467. The van der Waals surface area contributed by atoms with Crippen molar-refractivity contribution in [2.75, 3.05) is 11.4 Å². The van der Waals surface area contributed by atoms with Gasteiger partial charge in [0, 0.05) is 18.7 Å². The van der Waals surface area contributed by atoms with Crippen LogP contribution in [-0.4, -0.2) is 38.5 Å². The molecule has 10 heteroatoms. The number of rotatable bonds is 2. The van der Waals surface area contributed by atoms with Crippen LogP contribution in [0, 0.1) is 23.4 Å². The van der Waals surface area contributed by atoms with Gasteiger partial charge >= 0.3 is 0 Å². The summed E-state index contributed by atoms with van der Waals surface area (Å²) in [6.45, 7) is 2.67. The summed E-state index contributed by atoms with van der Waals surface area (Å²) in [7, 11) is 0. The van der Waals surface area contributed by atoms with Crippen LogP contribution in [0.15, 0.2) is 18.5 Å². The summed E-state index contributed by atoms with van der Waals surface area (Å²) < 4.78 is 49.6. The molecule has 4 heterocycles. The number of epoxide rings is 1. The van der Waals surface area contributed by atoms with Gasteiger partial charge in [-0.15, -0.1) is 0 Å². The number of nitrogens with zero attached hydrogens (tertiary/aromatic N) is 5. The average molecular weight is 396 g/mol. The second-order valence-electron chi connectivity index (χ2n) is 6.77. The summed E-state index contributed by atoms with van der Waals surface area (Å²) in [6.07, 6.45) is 1.89. The summed E-state index contributed by atoms with van der Waals surface area (Å²) >= 11 is 6.31. The molecule has 3 unspecified atom stereocenters. The van der Waals surface area contributed by atoms with Crippen molar-refractivity contribution < 1.29 is 17.9 Å². The molecule has 6 nitrogen and oxygen atoms in total. The van der Waals surface area contributed by atoms with Crippen molar-refractivity contribution in [3.05, 3.63) is 41.1 Å². The third-order valence-electron chi connectivity index (χ3n) is 5.08. The molecule has 1 aromatic carbocycles. The van der Waals surface area contributed by atoms with Crippen LogP contribution < -0.4 is 4.90 Å². The standard InChI is InChI=1S/C17H13ClF3N5O/c1-7-2-3-25(16-13(7)27-16)15-12(11-9(20)4-8(19)5-10(11)21)14(18)24-17-22-6-23-26(15)17/h4-7,13,16H,2-3H2,1H3. The smallest absolute Gasteiger partial charge is 0.255 e. The minimum absolute atomic E-state index is 0.00605. The molecule has 0 spiro atoms. The molecule has 140 valence electrons. The zero-order valence-corrected chi connectivity index (χ0v) is 14.8. The maximum Gasteiger partial charge on any atom is 0.255 e. The maximum absolute atomic E-state index is 14.6. The first-order valence-corrected chi connectivity index (χ1v) is 8.79. The molecule has 0 bridgehead atoms. The predicted octanol–water partition coefficient (Wildman–Crippen LogP) is 3.43. The molecule has 2 fully saturated rings. The normalized spacial score (nSPS) is 24.3. The highest BCUT2D eigenvalue weighted by atomic mass is 35.5. The molecule has 5 rings (SSSR count). The molecule has 0 N–H and O–H groups in total. The number of fused-ring (bicyclic) bond motifs is 2. The monoisotopic (exact) mass is 395 g/mol. The first kappa shape index (κ1) is 16.8. The average Bonchev–Trinajstić information content (AvgIpc) is 3.28. The van der Waals surface area contributed by atoms with Gasteiger partial charge in [0.05, 0.1) is 11.1 Å². The molecule has 0 radical (unpaired) electrons. The lowest BCUT2D eigenvalue weighted by molar-refractivity contribution is 0.337. The van der Waals surface area contributed by atoms with Crippen LogP contribution in [0.25, 0.3) is 16.9 Å². The molecule has 2 aliphatic heterocycles. The molecule has 3 aromatic rings. The van der Waals surface area contributed by atoms with E-state index in [0.717, 1.165) is 6.42 Å². The third-order valence-corrected chi connectivity index (χ3v) is 5.36. The van der Waals surface area contributed by atoms with E-state index in [0.29, 0.717) is 30.4 Å². The van der Waals surface area contributed by atoms with Gasteiger partial charge in [0.25, 0.3) is 5.78 Å². The molecule has 2 aromatic heterocycles. The van der Waals surface area contributed by atoms with E-state index in [-0.39, 0.29) is 28.8 Å². The van der Waals surface area contributed by atoms with Crippen molar-refractivity contribution in [3.8, 4) is 11.1 Å². The molecule has 2 aliphatic rings. The lowest BCUT2D eigenvalue weighted by atomic mass is 9.98. The predicted molar refractivity (Wildman–Crippen MR) is 90.9 cm³/mol. The zero-order valence-electron chi connectivity index (χ0n) is 14.0. The third kappa shape index (κ3) is 2.49. The molecular weight excluding hydrogens is 383 g/mol. The van der Waals surface area contributed by atoms with E-state index in [1.54, 1.807) is 0 Å². The molecule has 0 saturated carbocycles. The van der Waals surface area contributed by atoms with Crippen LogP contribution >= 0.6 is 11.6 Å². The van der Waals surface area contributed by atoms with Gasteiger partial charge in [0.2, 0.25) is 0 Å². The molecular formula is C17H13ClF3N5O. The Morgan fingerprint density at radius 1 is 1.19 bits per heavy atom. The largest absolute Gasteiger partial charge is 0.347 e. The van der Waals surface area contributed by atoms with Gasteiger partial charge in [-0.1, -0.05) is 18.5 Å². The summed E-state index contributed by atoms with van der Waals surface area (Å²) in [4.78, 5) is 9.97. The fraction of sp³-hybridized carbons (Fsp3) is 0.353.